The van der Waals surface area contributed by atoms with Crippen LogP contribution >= 0.6 is 62.3 Å². The summed E-state index contributed by atoms with van der Waals surface area (Å²) in [5.41, 5.74) is -3.67. The Balaban J connectivity index is 1.68. The van der Waals surface area contributed by atoms with Gasteiger partial charge in [-0.15, -0.1) is 23.2 Å². The molecule has 0 saturated heterocycles. The second-order valence-electron chi connectivity index (χ2n) is 13.3. The molecule has 4 rings (SSSR count). The Labute approximate surface area is 309 Å². The molecule has 0 bridgehead atoms. The van der Waals surface area contributed by atoms with Crippen LogP contribution in [0.2, 0.25) is 10.0 Å². The molecule has 9 nitrogen and oxygen atoms in total. The fraction of sp³-hybridized carbons (Fsp3) is 0.333. The lowest BCUT2D eigenvalue weighted by atomic mass is 9.85. The first kappa shape index (κ1) is 38.6. The zero-order valence-corrected chi connectivity index (χ0v) is 31.4. The molecule has 3 aromatic carbocycles. The van der Waals surface area contributed by atoms with E-state index in [4.69, 9.17) is 51.1 Å². The molecule has 0 aliphatic heterocycles. The van der Waals surface area contributed by atoms with E-state index in [2.05, 4.69) is 26.6 Å². The highest BCUT2D eigenvalue weighted by molar-refractivity contribution is 9.10. The average molecular weight is 824 g/mol. The number of carbonyl (C=O) groups is 4. The number of alkyl halides is 2. The Morgan fingerprint density at radius 1 is 0.959 bits per heavy atom. The molecule has 262 valence electrons. The molecule has 1 aliphatic rings. The van der Waals surface area contributed by atoms with Crippen molar-refractivity contribution in [2.45, 2.75) is 62.8 Å². The third kappa shape index (κ3) is 8.42. The van der Waals surface area contributed by atoms with Crippen LogP contribution in [0.1, 0.15) is 68.9 Å². The van der Waals surface area contributed by atoms with Gasteiger partial charge in [-0.05, 0) is 79.8 Å². The second-order valence-corrected chi connectivity index (χ2v) is 16.5. The van der Waals surface area contributed by atoms with Gasteiger partial charge in [0.2, 0.25) is 5.91 Å². The number of nitrogens with one attached hydrogen (secondary N) is 2. The van der Waals surface area contributed by atoms with E-state index in [1.807, 2.05) is 0 Å². The first-order valence-electron chi connectivity index (χ1n) is 14.5. The fourth-order valence-electron chi connectivity index (χ4n) is 5.10. The molecule has 1 fully saturated rings. The Kier molecular flexibility index (Phi) is 10.9. The fourth-order valence-corrected chi connectivity index (χ4v) is 7.02. The molecule has 3 aromatic rings. The Morgan fingerprint density at radius 3 is 2.14 bits per heavy atom. The van der Waals surface area contributed by atoms with E-state index in [0.717, 1.165) is 6.07 Å². The minimum Gasteiger partial charge on any atom is -0.464 e. The van der Waals surface area contributed by atoms with E-state index in [1.165, 1.54) is 39.0 Å². The van der Waals surface area contributed by atoms with Crippen LogP contribution in [0.5, 0.6) is 0 Å². The van der Waals surface area contributed by atoms with Crippen molar-refractivity contribution < 1.29 is 37.8 Å². The number of imide groups is 1. The highest BCUT2D eigenvalue weighted by Crippen LogP contribution is 2.65. The van der Waals surface area contributed by atoms with Gasteiger partial charge >= 0.3 is 12.2 Å². The molecular formula is C33H30BrCl4F2N3O6. The first-order chi connectivity index (χ1) is 22.4. The summed E-state index contributed by atoms with van der Waals surface area (Å²) in [6, 6.07) is 9.81. The summed E-state index contributed by atoms with van der Waals surface area (Å²) in [6.45, 7) is 9.12. The third-order valence-electron chi connectivity index (χ3n) is 7.29. The van der Waals surface area contributed by atoms with Crippen LogP contribution in [0.25, 0.3) is 0 Å². The summed E-state index contributed by atoms with van der Waals surface area (Å²) in [5.74, 6) is -6.01. The standard InChI is InChI=1S/C33H30BrCl4F2N3O6/c1-31(2,3)19-13-21(39)26(43(29(46)47)30(48)49-32(4,5)6)24(40)25(19)42-27(44)18-12-17(7-8-20(18)36)41-28(45)23-22(33(23,37)38)14-9-15(34)11-16(35)10-14/h7-13,22-23H,1-6H3,(H,41,45)(H,42,44)(H,46,47). The average Bonchev–Trinajstić information content (AvgIpc) is 3.52. The predicted molar refractivity (Wildman–Crippen MR) is 190 cm³/mol. The molecular weight excluding hydrogens is 794 g/mol. The van der Waals surface area contributed by atoms with Crippen molar-refractivity contribution in [3.8, 4) is 0 Å². The van der Waals surface area contributed by atoms with Gasteiger partial charge in [-0.2, -0.15) is 4.90 Å². The number of carboxylic acid groups (broad SMARTS) is 1. The number of amides is 4. The highest BCUT2D eigenvalue weighted by Gasteiger charge is 2.67. The summed E-state index contributed by atoms with van der Waals surface area (Å²) in [4.78, 5) is 51.6. The minimum absolute atomic E-state index is 0.0669. The van der Waals surface area contributed by atoms with Crippen LogP contribution < -0.4 is 15.5 Å². The van der Waals surface area contributed by atoms with Crippen LogP contribution in [0, 0.1) is 17.6 Å². The summed E-state index contributed by atoms with van der Waals surface area (Å²) in [5, 5.41) is 15.1. The third-order valence-corrected chi connectivity index (χ3v) is 9.24. The van der Waals surface area contributed by atoms with Gasteiger partial charge in [-0.25, -0.2) is 18.4 Å². The Hall–Kier alpha value is -3.16. The van der Waals surface area contributed by atoms with Crippen molar-refractivity contribution in [3.05, 3.63) is 85.3 Å². The molecule has 1 aliphatic carbocycles. The van der Waals surface area contributed by atoms with Gasteiger partial charge in [0.1, 0.15) is 15.6 Å². The van der Waals surface area contributed by atoms with Crippen LogP contribution in [0.15, 0.2) is 46.9 Å². The first-order valence-corrected chi connectivity index (χ1v) is 16.8. The number of carbonyl (C=O) groups excluding carboxylic acids is 3. The van der Waals surface area contributed by atoms with Gasteiger partial charge in [-0.1, -0.05) is 59.9 Å². The van der Waals surface area contributed by atoms with Gasteiger partial charge in [0.25, 0.3) is 5.91 Å². The van der Waals surface area contributed by atoms with E-state index in [1.54, 1.807) is 39.0 Å². The molecule has 4 amide bonds. The number of benzene rings is 3. The van der Waals surface area contributed by atoms with E-state index in [9.17, 15) is 24.3 Å². The molecule has 0 aromatic heterocycles. The zero-order valence-electron chi connectivity index (χ0n) is 26.8. The topological polar surface area (TPSA) is 125 Å². The number of hydrogen-bond acceptors (Lipinski definition) is 5. The highest BCUT2D eigenvalue weighted by atomic mass is 79.9. The lowest BCUT2D eigenvalue weighted by molar-refractivity contribution is -0.117. The molecule has 2 unspecified atom stereocenters. The van der Waals surface area contributed by atoms with Crippen molar-refractivity contribution >= 4 is 103 Å². The number of nitrogens with zero attached hydrogens (tertiary/aromatic N) is 1. The quantitative estimate of drug-likeness (QED) is 0.213. The maximum atomic E-state index is 16.3. The van der Waals surface area contributed by atoms with Crippen molar-refractivity contribution in [3.63, 3.8) is 0 Å². The maximum Gasteiger partial charge on any atom is 0.424 e. The predicted octanol–water partition coefficient (Wildman–Crippen LogP) is 10.5. The number of hydrogen-bond donors (Lipinski definition) is 3. The van der Waals surface area contributed by atoms with Crippen molar-refractivity contribution in [1.29, 1.82) is 0 Å². The number of anilines is 3. The smallest absolute Gasteiger partial charge is 0.424 e. The van der Waals surface area contributed by atoms with E-state index in [-0.39, 0.29) is 26.7 Å². The summed E-state index contributed by atoms with van der Waals surface area (Å²) >= 11 is 28.8. The largest absolute Gasteiger partial charge is 0.464 e. The van der Waals surface area contributed by atoms with Crippen LogP contribution in [0.3, 0.4) is 0 Å². The molecule has 2 atom stereocenters. The van der Waals surface area contributed by atoms with Crippen LogP contribution in [0.4, 0.5) is 35.4 Å². The summed E-state index contributed by atoms with van der Waals surface area (Å²) in [6.07, 6.45) is -3.60. The van der Waals surface area contributed by atoms with Gasteiger partial charge in [0.15, 0.2) is 11.6 Å². The lowest BCUT2D eigenvalue weighted by Gasteiger charge is -2.28. The van der Waals surface area contributed by atoms with Crippen LogP contribution in [-0.2, 0) is 14.9 Å². The monoisotopic (exact) mass is 821 g/mol. The van der Waals surface area contributed by atoms with Crippen molar-refractivity contribution in [2.24, 2.45) is 5.92 Å². The second kappa shape index (κ2) is 13.9. The molecule has 16 heteroatoms. The van der Waals surface area contributed by atoms with E-state index in [0.29, 0.717) is 15.1 Å². The van der Waals surface area contributed by atoms with Gasteiger partial charge in [0.05, 0.1) is 22.2 Å². The van der Waals surface area contributed by atoms with Crippen molar-refractivity contribution in [2.75, 3.05) is 15.5 Å². The van der Waals surface area contributed by atoms with E-state index >= 15 is 8.78 Å². The zero-order chi connectivity index (χ0) is 37.0. The van der Waals surface area contributed by atoms with Crippen LogP contribution in [-0.4, -0.2) is 39.0 Å². The molecule has 3 N–H and O–H groups in total. The molecule has 0 radical (unpaired) electrons. The maximum absolute atomic E-state index is 16.3. The molecule has 1 saturated carbocycles. The number of rotatable bonds is 6. The van der Waals surface area contributed by atoms with Gasteiger partial charge in [-0.3, -0.25) is 9.59 Å². The van der Waals surface area contributed by atoms with Gasteiger partial charge < -0.3 is 20.5 Å². The lowest BCUT2D eigenvalue weighted by Crippen LogP contribution is -2.41. The van der Waals surface area contributed by atoms with E-state index < -0.39 is 74.2 Å². The normalized spacial score (nSPS) is 16.8. The molecule has 49 heavy (non-hydrogen) atoms. The Morgan fingerprint density at radius 2 is 1.59 bits per heavy atom. The van der Waals surface area contributed by atoms with Crippen molar-refractivity contribution in [1.82, 2.24) is 0 Å². The molecule has 0 spiro atoms. The minimum atomic E-state index is -2.03. The summed E-state index contributed by atoms with van der Waals surface area (Å²) in [7, 11) is 0. The summed E-state index contributed by atoms with van der Waals surface area (Å²) < 4.78 is 36.0. The Bertz CT molecular complexity index is 1860. The molecule has 0 heterocycles. The SMILES string of the molecule is CC(C)(C)OC(=O)N(C(=O)O)c1c(F)cc(C(C)(C)C)c(NC(=O)c2cc(NC(=O)C3C(c4cc(Cl)cc(Br)c4)C3(Cl)Cl)ccc2Cl)c1F. The van der Waals surface area contributed by atoms with Gasteiger partial charge in [0, 0.05) is 21.1 Å². The number of halogens is 7. The number of ether oxygens (including phenoxy) is 1.